The van der Waals surface area contributed by atoms with Crippen LogP contribution in [-0.4, -0.2) is 42.4 Å². The molecule has 7 rings (SSSR count). The van der Waals surface area contributed by atoms with Crippen LogP contribution in [0, 0.1) is 28.6 Å². The fourth-order valence-corrected chi connectivity index (χ4v) is 9.22. The van der Waals surface area contributed by atoms with Crippen LogP contribution in [0.5, 0.6) is 0 Å². The van der Waals surface area contributed by atoms with Crippen LogP contribution in [0.4, 0.5) is 11.5 Å². The molecular formula is C34H43N3O. The summed E-state index contributed by atoms with van der Waals surface area (Å²) in [6.07, 6.45) is 15.2. The molecule has 2 saturated carbocycles. The molecule has 2 aromatic rings. The Kier molecular flexibility index (Phi) is 5.96. The molecule has 1 N–H and O–H groups in total. The summed E-state index contributed by atoms with van der Waals surface area (Å²) in [5.41, 5.74) is 6.33. The van der Waals surface area contributed by atoms with E-state index in [9.17, 15) is 5.11 Å². The number of pyridine rings is 1. The lowest BCUT2D eigenvalue weighted by atomic mass is 9.47. The molecule has 3 fully saturated rings. The van der Waals surface area contributed by atoms with Gasteiger partial charge in [0, 0.05) is 38.1 Å². The first kappa shape index (κ1) is 24.5. The second-order valence-electron chi connectivity index (χ2n) is 13.2. The van der Waals surface area contributed by atoms with E-state index >= 15 is 0 Å². The molecule has 0 bridgehead atoms. The Morgan fingerprint density at radius 3 is 2.34 bits per heavy atom. The highest BCUT2D eigenvalue weighted by Crippen LogP contribution is 2.66. The second kappa shape index (κ2) is 9.26. The number of anilines is 2. The van der Waals surface area contributed by atoms with Crippen LogP contribution in [0.15, 0.2) is 66.4 Å². The molecule has 5 aliphatic rings. The molecule has 1 aromatic carbocycles. The molecule has 0 radical (unpaired) electrons. The van der Waals surface area contributed by atoms with Crippen molar-refractivity contribution in [3.05, 3.63) is 72.0 Å². The zero-order chi connectivity index (χ0) is 25.9. The highest BCUT2D eigenvalue weighted by atomic mass is 16.3. The van der Waals surface area contributed by atoms with E-state index in [4.69, 9.17) is 4.98 Å². The van der Waals surface area contributed by atoms with E-state index in [1.54, 1.807) is 11.1 Å². The number of nitrogens with zero attached hydrogens (tertiary/aromatic N) is 3. The summed E-state index contributed by atoms with van der Waals surface area (Å²) in [4.78, 5) is 9.92. The minimum atomic E-state index is -0.123. The average Bonchev–Trinajstić information content (AvgIpc) is 3.31. The number of aliphatic hydroxyl groups is 1. The summed E-state index contributed by atoms with van der Waals surface area (Å²) in [6.45, 7) is 9.17. The van der Waals surface area contributed by atoms with E-state index in [0.29, 0.717) is 5.41 Å². The topological polar surface area (TPSA) is 39.6 Å². The number of rotatable bonds is 3. The van der Waals surface area contributed by atoms with Crippen LogP contribution in [0.25, 0.3) is 5.57 Å². The molecule has 0 unspecified atom stereocenters. The summed E-state index contributed by atoms with van der Waals surface area (Å²) in [5, 5.41) is 10.3. The maximum Gasteiger partial charge on any atom is 0.128 e. The van der Waals surface area contributed by atoms with Gasteiger partial charge in [0.1, 0.15) is 5.82 Å². The average molecular weight is 510 g/mol. The van der Waals surface area contributed by atoms with Crippen LogP contribution in [0.1, 0.15) is 64.4 Å². The summed E-state index contributed by atoms with van der Waals surface area (Å²) in [7, 11) is 0. The molecule has 0 amide bonds. The SMILES string of the molecule is C[C@]12CC[C@H](O)CC1=CC[C@@H]1[C@@H]2CC[C@]2(C)C(c3ccc(N4CCN(c5ccccc5)CC4)nc3)=CC[C@@H]12. The van der Waals surface area contributed by atoms with Crippen LogP contribution in [0.2, 0.25) is 0 Å². The first-order valence-corrected chi connectivity index (χ1v) is 15.1. The minimum absolute atomic E-state index is 0.123. The molecule has 1 aromatic heterocycles. The summed E-state index contributed by atoms with van der Waals surface area (Å²) < 4.78 is 0. The van der Waals surface area contributed by atoms with Crippen LogP contribution in [-0.2, 0) is 0 Å². The van der Waals surface area contributed by atoms with Crippen molar-refractivity contribution in [2.45, 2.75) is 64.9 Å². The second-order valence-corrected chi connectivity index (χ2v) is 13.2. The first-order valence-electron chi connectivity index (χ1n) is 15.1. The zero-order valence-electron chi connectivity index (χ0n) is 23.1. The lowest BCUT2D eigenvalue weighted by Gasteiger charge is -2.57. The summed E-state index contributed by atoms with van der Waals surface area (Å²) in [6, 6.07) is 15.4. The van der Waals surface area contributed by atoms with E-state index in [0.717, 1.165) is 69.0 Å². The highest BCUT2D eigenvalue weighted by molar-refractivity contribution is 5.73. The van der Waals surface area contributed by atoms with Gasteiger partial charge in [-0.2, -0.15) is 0 Å². The Labute approximate surface area is 228 Å². The normalized spacial score (nSPS) is 36.6. The molecule has 200 valence electrons. The number of aromatic nitrogens is 1. The Bertz CT molecular complexity index is 1230. The van der Waals surface area contributed by atoms with Gasteiger partial charge in [0.2, 0.25) is 0 Å². The van der Waals surface area contributed by atoms with Crippen molar-refractivity contribution < 1.29 is 5.11 Å². The summed E-state index contributed by atoms with van der Waals surface area (Å²) >= 11 is 0. The Hall–Kier alpha value is -2.59. The zero-order valence-corrected chi connectivity index (χ0v) is 23.1. The lowest BCUT2D eigenvalue weighted by molar-refractivity contribution is -0.0238. The molecule has 1 saturated heterocycles. The van der Waals surface area contributed by atoms with Gasteiger partial charge in [0.05, 0.1) is 6.10 Å². The molecule has 6 atom stereocenters. The third-order valence-corrected chi connectivity index (χ3v) is 11.4. The monoisotopic (exact) mass is 509 g/mol. The maximum absolute atomic E-state index is 10.3. The molecule has 1 aliphatic heterocycles. The largest absolute Gasteiger partial charge is 0.393 e. The molecule has 38 heavy (non-hydrogen) atoms. The molecule has 4 nitrogen and oxygen atoms in total. The van der Waals surface area contributed by atoms with E-state index in [-0.39, 0.29) is 11.5 Å². The van der Waals surface area contributed by atoms with Gasteiger partial charge in [-0.15, -0.1) is 0 Å². The number of allylic oxidation sites excluding steroid dienone is 3. The molecule has 2 heterocycles. The third kappa shape index (κ3) is 3.86. The molecule has 0 spiro atoms. The smallest absolute Gasteiger partial charge is 0.128 e. The van der Waals surface area contributed by atoms with E-state index in [1.165, 1.54) is 36.9 Å². The Balaban J connectivity index is 1.05. The van der Waals surface area contributed by atoms with Crippen molar-refractivity contribution >= 4 is 17.1 Å². The van der Waals surface area contributed by atoms with Crippen molar-refractivity contribution in [1.82, 2.24) is 4.98 Å². The molecule has 4 aliphatic carbocycles. The van der Waals surface area contributed by atoms with Gasteiger partial charge in [-0.3, -0.25) is 0 Å². The van der Waals surface area contributed by atoms with Gasteiger partial charge in [0.25, 0.3) is 0 Å². The van der Waals surface area contributed by atoms with Gasteiger partial charge in [0.15, 0.2) is 0 Å². The van der Waals surface area contributed by atoms with Crippen molar-refractivity contribution in [2.75, 3.05) is 36.0 Å². The lowest BCUT2D eigenvalue weighted by Crippen LogP contribution is -2.49. The number of hydrogen-bond donors (Lipinski definition) is 1. The van der Waals surface area contributed by atoms with E-state index < -0.39 is 0 Å². The Morgan fingerprint density at radius 2 is 1.58 bits per heavy atom. The standard InChI is InChI=1S/C34H43N3O/c1-33-16-14-27(38)22-25(33)9-10-28-30-12-11-29(34(30,2)17-15-31(28)33)24-8-13-32(35-23-24)37-20-18-36(19-21-37)26-6-4-3-5-7-26/h3-9,11,13,23,27-28,30-31,38H,10,12,14-22H2,1-2H3/t27-,28-,30-,31-,33-,34+/m0/s1. The Morgan fingerprint density at radius 1 is 0.816 bits per heavy atom. The fraction of sp³-hybridized carbons (Fsp3) is 0.559. The fourth-order valence-electron chi connectivity index (χ4n) is 9.22. The van der Waals surface area contributed by atoms with Crippen molar-refractivity contribution in [2.24, 2.45) is 28.6 Å². The minimum Gasteiger partial charge on any atom is -0.393 e. The number of para-hydroxylation sites is 1. The van der Waals surface area contributed by atoms with Gasteiger partial charge >= 0.3 is 0 Å². The van der Waals surface area contributed by atoms with Crippen LogP contribution >= 0.6 is 0 Å². The molecule has 4 heteroatoms. The predicted molar refractivity (Wildman–Crippen MR) is 156 cm³/mol. The quantitative estimate of drug-likeness (QED) is 0.466. The number of benzene rings is 1. The summed E-state index contributed by atoms with van der Waals surface area (Å²) in [5.74, 6) is 3.38. The van der Waals surface area contributed by atoms with Crippen molar-refractivity contribution in [3.63, 3.8) is 0 Å². The van der Waals surface area contributed by atoms with Crippen molar-refractivity contribution in [3.8, 4) is 0 Å². The first-order chi connectivity index (χ1) is 18.5. The van der Waals surface area contributed by atoms with Gasteiger partial charge < -0.3 is 14.9 Å². The number of hydrogen-bond acceptors (Lipinski definition) is 4. The number of aliphatic hydroxyl groups excluding tert-OH is 1. The number of piperazine rings is 1. The van der Waals surface area contributed by atoms with Gasteiger partial charge in [-0.1, -0.05) is 49.8 Å². The van der Waals surface area contributed by atoms with E-state index in [1.807, 2.05) is 0 Å². The van der Waals surface area contributed by atoms with Gasteiger partial charge in [-0.25, -0.2) is 4.98 Å². The van der Waals surface area contributed by atoms with E-state index in [2.05, 4.69) is 84.5 Å². The van der Waals surface area contributed by atoms with Crippen molar-refractivity contribution in [1.29, 1.82) is 0 Å². The van der Waals surface area contributed by atoms with Crippen LogP contribution in [0.3, 0.4) is 0 Å². The number of fused-ring (bicyclic) bond motifs is 5. The maximum atomic E-state index is 10.3. The van der Waals surface area contributed by atoms with Crippen LogP contribution < -0.4 is 9.80 Å². The molecular weight excluding hydrogens is 466 g/mol. The predicted octanol–water partition coefficient (Wildman–Crippen LogP) is 6.73. The third-order valence-electron chi connectivity index (χ3n) is 11.4. The van der Waals surface area contributed by atoms with Gasteiger partial charge in [-0.05, 0) is 109 Å². The highest BCUT2D eigenvalue weighted by Gasteiger charge is 2.56.